The number of nitrogens with two attached hydrogens (primary N) is 1. The molecule has 1 saturated heterocycles. The third-order valence-electron chi connectivity index (χ3n) is 1.81. The molecule has 0 amide bonds. The second-order valence-corrected chi connectivity index (χ2v) is 2.34. The van der Waals surface area contributed by atoms with E-state index in [1.807, 2.05) is 0 Å². The molecule has 0 aromatic carbocycles. The van der Waals surface area contributed by atoms with Gasteiger partial charge in [-0.3, -0.25) is 0 Å². The zero-order valence-electron chi connectivity index (χ0n) is 5.29. The molecule has 2 nitrogen and oxygen atoms in total. The van der Waals surface area contributed by atoms with Crippen LogP contribution in [0.25, 0.3) is 0 Å². The Bertz CT molecular complexity index is 68.8. The van der Waals surface area contributed by atoms with E-state index in [2.05, 4.69) is 18.9 Å². The Hall–Kier alpha value is 0.210. The average molecular weight is 137 g/mol. The smallest absolute Gasteiger partial charge is 0.0323 e. The first-order chi connectivity index (χ1) is 3.22. The lowest BCUT2D eigenvalue weighted by atomic mass is 10.0. The molecule has 50 valence electrons. The molecule has 2 unspecified atom stereocenters. The molecule has 3 heteroatoms. The molecule has 0 spiro atoms. The number of likely N-dealkylation sites (tertiary alicyclic amines) is 1. The summed E-state index contributed by atoms with van der Waals surface area (Å²) in [6, 6.07) is 1.05. The summed E-state index contributed by atoms with van der Waals surface area (Å²) in [6.07, 6.45) is 0. The van der Waals surface area contributed by atoms with Crippen molar-refractivity contribution >= 4 is 12.4 Å². The molecule has 0 aromatic heterocycles. The normalized spacial score (nSPS) is 37.9. The fourth-order valence-electron chi connectivity index (χ4n) is 0.840. The Morgan fingerprint density at radius 2 is 2.12 bits per heavy atom. The summed E-state index contributed by atoms with van der Waals surface area (Å²) >= 11 is 0. The van der Waals surface area contributed by atoms with E-state index in [-0.39, 0.29) is 12.4 Å². The van der Waals surface area contributed by atoms with Crippen molar-refractivity contribution in [1.82, 2.24) is 4.90 Å². The highest BCUT2D eigenvalue weighted by atomic mass is 35.5. The van der Waals surface area contributed by atoms with E-state index >= 15 is 0 Å². The Labute approximate surface area is 56.4 Å². The van der Waals surface area contributed by atoms with Crippen LogP contribution in [-0.2, 0) is 0 Å². The van der Waals surface area contributed by atoms with Crippen LogP contribution in [-0.4, -0.2) is 30.6 Å². The Balaban J connectivity index is 0.000000490. The third-order valence-corrected chi connectivity index (χ3v) is 1.81. The summed E-state index contributed by atoms with van der Waals surface area (Å²) in [6.45, 7) is 3.22. The fourth-order valence-corrected chi connectivity index (χ4v) is 0.840. The van der Waals surface area contributed by atoms with Gasteiger partial charge < -0.3 is 10.6 Å². The SMILES string of the molecule is CC1C(N)CN1C.Cl. The Morgan fingerprint density at radius 1 is 1.62 bits per heavy atom. The first kappa shape index (κ1) is 8.21. The maximum Gasteiger partial charge on any atom is 0.0323 e. The standard InChI is InChI=1S/C5H12N2.ClH/c1-4-5(6)3-7(4)2;/h4-5H,3,6H2,1-2H3;1H. The average Bonchev–Trinajstić information content (AvgIpc) is 1.68. The Kier molecular flexibility index (Phi) is 2.74. The molecule has 0 aliphatic carbocycles. The van der Waals surface area contributed by atoms with Gasteiger partial charge in [-0.1, -0.05) is 0 Å². The first-order valence-electron chi connectivity index (χ1n) is 2.67. The second-order valence-electron chi connectivity index (χ2n) is 2.34. The highest BCUT2D eigenvalue weighted by Crippen LogP contribution is 2.10. The molecule has 1 rings (SSSR count). The minimum absolute atomic E-state index is 0. The van der Waals surface area contributed by atoms with Crippen LogP contribution in [0.15, 0.2) is 0 Å². The molecule has 0 aromatic rings. The van der Waals surface area contributed by atoms with Gasteiger partial charge in [-0.15, -0.1) is 12.4 Å². The monoisotopic (exact) mass is 136 g/mol. The summed E-state index contributed by atoms with van der Waals surface area (Å²) in [4.78, 5) is 2.24. The van der Waals surface area contributed by atoms with Crippen molar-refractivity contribution in [2.75, 3.05) is 13.6 Å². The van der Waals surface area contributed by atoms with Gasteiger partial charge >= 0.3 is 0 Å². The van der Waals surface area contributed by atoms with E-state index in [9.17, 15) is 0 Å². The lowest BCUT2D eigenvalue weighted by molar-refractivity contribution is 0.109. The fraction of sp³-hybridized carbons (Fsp3) is 1.00. The van der Waals surface area contributed by atoms with Crippen LogP contribution in [0.5, 0.6) is 0 Å². The number of hydrogen-bond acceptors (Lipinski definition) is 2. The molecule has 0 saturated carbocycles. The summed E-state index contributed by atoms with van der Waals surface area (Å²) in [5.74, 6) is 0. The molecule has 1 heterocycles. The second kappa shape index (κ2) is 2.67. The minimum Gasteiger partial charge on any atom is -0.325 e. The molecular formula is C5H13ClN2. The number of halogens is 1. The summed E-state index contributed by atoms with van der Waals surface area (Å²) in [7, 11) is 2.09. The minimum atomic E-state index is 0. The van der Waals surface area contributed by atoms with Gasteiger partial charge in [0.1, 0.15) is 0 Å². The highest BCUT2D eigenvalue weighted by Gasteiger charge is 2.28. The van der Waals surface area contributed by atoms with Crippen molar-refractivity contribution < 1.29 is 0 Å². The van der Waals surface area contributed by atoms with E-state index in [1.165, 1.54) is 0 Å². The van der Waals surface area contributed by atoms with Crippen LogP contribution in [0.2, 0.25) is 0 Å². The van der Waals surface area contributed by atoms with Crippen LogP contribution < -0.4 is 5.73 Å². The quantitative estimate of drug-likeness (QED) is 0.511. The topological polar surface area (TPSA) is 29.3 Å². The van der Waals surface area contributed by atoms with Crippen LogP contribution in [0.4, 0.5) is 0 Å². The lowest BCUT2D eigenvalue weighted by Gasteiger charge is -2.41. The van der Waals surface area contributed by atoms with Crippen molar-refractivity contribution in [2.24, 2.45) is 5.73 Å². The van der Waals surface area contributed by atoms with E-state index in [0.29, 0.717) is 12.1 Å². The number of nitrogens with zero attached hydrogens (tertiary/aromatic N) is 1. The molecule has 2 N–H and O–H groups in total. The third kappa shape index (κ3) is 1.13. The van der Waals surface area contributed by atoms with Gasteiger partial charge in [-0.25, -0.2) is 0 Å². The summed E-state index contributed by atoms with van der Waals surface area (Å²) < 4.78 is 0. The zero-order valence-corrected chi connectivity index (χ0v) is 6.11. The Morgan fingerprint density at radius 3 is 2.12 bits per heavy atom. The molecule has 0 bridgehead atoms. The highest BCUT2D eigenvalue weighted by molar-refractivity contribution is 5.85. The van der Waals surface area contributed by atoms with Crippen molar-refractivity contribution in [3.05, 3.63) is 0 Å². The molecule has 1 aliphatic heterocycles. The van der Waals surface area contributed by atoms with Crippen LogP contribution in [0.1, 0.15) is 6.92 Å². The van der Waals surface area contributed by atoms with E-state index < -0.39 is 0 Å². The van der Waals surface area contributed by atoms with Gasteiger partial charge in [0, 0.05) is 18.6 Å². The van der Waals surface area contributed by atoms with Gasteiger partial charge in [0.05, 0.1) is 0 Å². The number of rotatable bonds is 0. The van der Waals surface area contributed by atoms with Crippen LogP contribution >= 0.6 is 12.4 Å². The van der Waals surface area contributed by atoms with Crippen molar-refractivity contribution in [2.45, 2.75) is 19.0 Å². The zero-order chi connectivity index (χ0) is 5.44. The van der Waals surface area contributed by atoms with E-state index in [4.69, 9.17) is 5.73 Å². The predicted octanol–water partition coefficient (Wildman–Crippen LogP) is 0.0694. The van der Waals surface area contributed by atoms with Gasteiger partial charge in [0.15, 0.2) is 0 Å². The van der Waals surface area contributed by atoms with Crippen molar-refractivity contribution in [3.63, 3.8) is 0 Å². The van der Waals surface area contributed by atoms with Gasteiger partial charge in [0.2, 0.25) is 0 Å². The maximum atomic E-state index is 5.57. The number of likely N-dealkylation sites (N-methyl/N-ethyl adjacent to an activating group) is 1. The van der Waals surface area contributed by atoms with Gasteiger partial charge in [-0.2, -0.15) is 0 Å². The number of hydrogen-bond donors (Lipinski definition) is 1. The van der Waals surface area contributed by atoms with Gasteiger partial charge in [-0.05, 0) is 14.0 Å². The van der Waals surface area contributed by atoms with E-state index in [1.54, 1.807) is 0 Å². The maximum absolute atomic E-state index is 5.57. The molecule has 8 heavy (non-hydrogen) atoms. The first-order valence-corrected chi connectivity index (χ1v) is 2.67. The van der Waals surface area contributed by atoms with Crippen LogP contribution in [0.3, 0.4) is 0 Å². The molecule has 0 radical (unpaired) electrons. The molecule has 2 atom stereocenters. The van der Waals surface area contributed by atoms with Gasteiger partial charge in [0.25, 0.3) is 0 Å². The molecule has 1 aliphatic rings. The van der Waals surface area contributed by atoms with Crippen molar-refractivity contribution in [1.29, 1.82) is 0 Å². The predicted molar refractivity (Wildman–Crippen MR) is 37.3 cm³/mol. The summed E-state index contributed by atoms with van der Waals surface area (Å²) in [5.41, 5.74) is 5.57. The largest absolute Gasteiger partial charge is 0.325 e. The van der Waals surface area contributed by atoms with Crippen molar-refractivity contribution in [3.8, 4) is 0 Å². The lowest BCUT2D eigenvalue weighted by Crippen LogP contribution is -2.60. The molecular weight excluding hydrogens is 124 g/mol. The summed E-state index contributed by atoms with van der Waals surface area (Å²) in [5, 5.41) is 0. The van der Waals surface area contributed by atoms with Crippen LogP contribution in [0, 0.1) is 0 Å². The van der Waals surface area contributed by atoms with E-state index in [0.717, 1.165) is 6.54 Å². The molecule has 1 fully saturated rings.